The van der Waals surface area contributed by atoms with Gasteiger partial charge in [-0.2, -0.15) is 0 Å². The summed E-state index contributed by atoms with van der Waals surface area (Å²) in [5.41, 5.74) is 8.01. The SMILES string of the molecule is CC(C)Cc1cc(-c2[c-]cccc2)ncc1[Si](C)(C)C.[2H]c1ccc2c(-c3nc4ccccc4n3-c3ccc4ccccc4c3)[c-]oc2c1.[Ir]. The van der Waals surface area contributed by atoms with Crippen LogP contribution < -0.4 is 5.19 Å². The van der Waals surface area contributed by atoms with Crippen LogP contribution in [0.15, 0.2) is 132 Å². The Labute approximate surface area is 304 Å². The zero-order chi connectivity index (χ0) is 34.1. The molecular weight excluding hydrogens is 795 g/mol. The van der Waals surface area contributed by atoms with Gasteiger partial charge in [-0.25, -0.2) is 0 Å². The molecule has 0 amide bonds. The molecular formula is C43H39IrN3OSi-2. The maximum Gasteiger partial charge on any atom is 0.0798 e. The smallest absolute Gasteiger partial charge is 0.0798 e. The van der Waals surface area contributed by atoms with Crippen molar-refractivity contribution in [3.63, 3.8) is 0 Å². The number of hydrogen-bond acceptors (Lipinski definition) is 3. The van der Waals surface area contributed by atoms with Gasteiger partial charge in [-0.1, -0.05) is 117 Å². The number of rotatable bonds is 6. The molecule has 0 N–H and O–H groups in total. The van der Waals surface area contributed by atoms with Crippen LogP contribution in [-0.4, -0.2) is 22.6 Å². The summed E-state index contributed by atoms with van der Waals surface area (Å²) in [5, 5.41) is 4.77. The van der Waals surface area contributed by atoms with Crippen LogP contribution in [0.4, 0.5) is 0 Å². The first-order valence-electron chi connectivity index (χ1n) is 17.0. The second-order valence-electron chi connectivity index (χ2n) is 13.6. The number of benzene rings is 5. The largest absolute Gasteiger partial charge is 0.557 e. The van der Waals surface area contributed by atoms with Gasteiger partial charge in [0.15, 0.2) is 0 Å². The van der Waals surface area contributed by atoms with Crippen molar-refractivity contribution in [2.24, 2.45) is 5.92 Å². The van der Waals surface area contributed by atoms with Crippen molar-refractivity contribution in [1.82, 2.24) is 14.5 Å². The Balaban J connectivity index is 0.000000182. The summed E-state index contributed by atoms with van der Waals surface area (Å²) in [4.78, 5) is 9.60. The molecule has 0 fully saturated rings. The molecule has 3 heterocycles. The Morgan fingerprint density at radius 2 is 1.63 bits per heavy atom. The number of hydrogen-bond donors (Lipinski definition) is 0. The van der Waals surface area contributed by atoms with Gasteiger partial charge in [0.2, 0.25) is 0 Å². The second kappa shape index (κ2) is 14.5. The minimum atomic E-state index is -1.34. The summed E-state index contributed by atoms with van der Waals surface area (Å²) in [6, 6.07) is 42.3. The maximum absolute atomic E-state index is 7.84. The van der Waals surface area contributed by atoms with Crippen LogP contribution in [0.1, 0.15) is 20.8 Å². The first-order valence-corrected chi connectivity index (χ1v) is 20.0. The molecule has 0 spiro atoms. The molecule has 49 heavy (non-hydrogen) atoms. The predicted octanol–water partition coefficient (Wildman–Crippen LogP) is 10.7. The van der Waals surface area contributed by atoms with Crippen LogP contribution >= 0.6 is 0 Å². The third kappa shape index (κ3) is 7.23. The van der Waals surface area contributed by atoms with Gasteiger partial charge in [-0.3, -0.25) is 4.98 Å². The van der Waals surface area contributed by atoms with Crippen LogP contribution in [0.5, 0.6) is 0 Å². The molecule has 0 saturated carbocycles. The van der Waals surface area contributed by atoms with E-state index in [1.165, 1.54) is 21.5 Å². The van der Waals surface area contributed by atoms with Crippen LogP contribution in [0, 0.1) is 18.2 Å². The van der Waals surface area contributed by atoms with E-state index in [-0.39, 0.29) is 20.1 Å². The van der Waals surface area contributed by atoms with E-state index in [0.717, 1.165) is 51.2 Å². The third-order valence-electron chi connectivity index (χ3n) is 8.54. The van der Waals surface area contributed by atoms with Crippen LogP contribution in [-0.2, 0) is 26.5 Å². The molecule has 1 radical (unpaired) electrons. The van der Waals surface area contributed by atoms with Gasteiger partial charge in [0.05, 0.1) is 26.3 Å². The summed E-state index contributed by atoms with van der Waals surface area (Å²) in [6.45, 7) is 11.7. The normalized spacial score (nSPS) is 11.8. The van der Waals surface area contributed by atoms with Gasteiger partial charge in [0.1, 0.15) is 0 Å². The van der Waals surface area contributed by atoms with E-state index < -0.39 is 8.07 Å². The number of nitrogens with zero attached hydrogens (tertiary/aromatic N) is 3. The summed E-state index contributed by atoms with van der Waals surface area (Å²) >= 11 is 0. The van der Waals surface area contributed by atoms with E-state index in [9.17, 15) is 0 Å². The monoisotopic (exact) mass is 835 g/mol. The van der Waals surface area contributed by atoms with Gasteiger partial charge in [-0.05, 0) is 58.3 Å². The van der Waals surface area contributed by atoms with Crippen LogP contribution in [0.25, 0.3) is 61.1 Å². The number of furan rings is 1. The van der Waals surface area contributed by atoms with E-state index in [4.69, 9.17) is 10.8 Å². The number of para-hydroxylation sites is 3. The molecule has 0 unspecified atom stereocenters. The Kier molecular flexibility index (Phi) is 9.72. The quantitative estimate of drug-likeness (QED) is 0.124. The van der Waals surface area contributed by atoms with Crippen molar-refractivity contribution in [1.29, 1.82) is 0 Å². The summed E-state index contributed by atoms with van der Waals surface area (Å²) < 4.78 is 15.6. The molecule has 0 bridgehead atoms. The average molecular weight is 835 g/mol. The third-order valence-corrected chi connectivity index (χ3v) is 10.6. The van der Waals surface area contributed by atoms with Gasteiger partial charge in [0, 0.05) is 43.8 Å². The van der Waals surface area contributed by atoms with E-state index >= 15 is 0 Å². The molecule has 5 aromatic carbocycles. The molecule has 4 nitrogen and oxygen atoms in total. The fourth-order valence-electron chi connectivity index (χ4n) is 6.29. The molecule has 3 aromatic heterocycles. The fraction of sp³-hybridized carbons (Fsp3) is 0.163. The van der Waals surface area contributed by atoms with E-state index in [0.29, 0.717) is 17.5 Å². The molecule has 0 aliphatic heterocycles. The van der Waals surface area contributed by atoms with Crippen LogP contribution in [0.3, 0.4) is 0 Å². The molecule has 8 rings (SSSR count). The van der Waals surface area contributed by atoms with Crippen molar-refractivity contribution < 1.29 is 25.9 Å². The molecule has 8 aromatic rings. The fourth-order valence-corrected chi connectivity index (χ4v) is 7.87. The molecule has 0 aliphatic rings. The maximum atomic E-state index is 7.84. The Bertz CT molecular complexity index is 2410. The number of imidazole rings is 1. The van der Waals surface area contributed by atoms with Crippen molar-refractivity contribution in [3.05, 3.63) is 145 Å². The minimum absolute atomic E-state index is 0. The number of pyridine rings is 1. The Hall–Kier alpha value is -4.61. The van der Waals surface area contributed by atoms with Crippen LogP contribution in [0.2, 0.25) is 19.6 Å². The minimum Gasteiger partial charge on any atom is -0.557 e. The van der Waals surface area contributed by atoms with Crippen molar-refractivity contribution in [2.45, 2.75) is 39.9 Å². The molecule has 0 aliphatic carbocycles. The molecule has 0 saturated heterocycles. The van der Waals surface area contributed by atoms with Gasteiger partial charge >= 0.3 is 0 Å². The van der Waals surface area contributed by atoms with Crippen molar-refractivity contribution in [3.8, 4) is 28.3 Å². The average Bonchev–Trinajstić information content (AvgIpc) is 3.69. The van der Waals surface area contributed by atoms with E-state index in [1.807, 2.05) is 48.5 Å². The molecule has 247 valence electrons. The van der Waals surface area contributed by atoms with Crippen molar-refractivity contribution in [2.75, 3.05) is 0 Å². The Morgan fingerprint density at radius 1 is 0.857 bits per heavy atom. The predicted molar refractivity (Wildman–Crippen MR) is 203 cm³/mol. The van der Waals surface area contributed by atoms with E-state index in [1.54, 1.807) is 12.1 Å². The van der Waals surface area contributed by atoms with Crippen molar-refractivity contribution >= 4 is 46.0 Å². The van der Waals surface area contributed by atoms with Gasteiger partial charge < -0.3 is 14.0 Å². The molecule has 6 heteroatoms. The zero-order valence-corrected chi connectivity index (χ0v) is 31.8. The Morgan fingerprint density at radius 3 is 2.41 bits per heavy atom. The second-order valence-corrected chi connectivity index (χ2v) is 18.7. The first-order chi connectivity index (χ1) is 23.7. The standard InChI is InChI=1S/C25H15N2O.C18H24NSi.Ir/c1-2-8-18-15-19(14-13-17(18)7-1)27-23-11-5-4-10-22(23)26-25(27)21-16-28-24-12-6-3-9-20(21)24;1-14(2)11-16-12-17(15-9-7-6-8-10-15)19-13-18(16)20(3,4)5;/h1-15H;6-9,12-14H,11H2,1-5H3;/q2*-1;/i6D;;. The molecule has 0 atom stereocenters. The summed E-state index contributed by atoms with van der Waals surface area (Å²) in [5.74, 6) is 1.44. The number of aromatic nitrogens is 3. The summed E-state index contributed by atoms with van der Waals surface area (Å²) in [6.07, 6.45) is 6.26. The zero-order valence-electron chi connectivity index (χ0n) is 29.4. The van der Waals surface area contributed by atoms with Gasteiger partial charge in [-0.15, -0.1) is 42.0 Å². The number of fused-ring (bicyclic) bond motifs is 3. The first kappa shape index (κ1) is 32.9. The van der Waals surface area contributed by atoms with E-state index in [2.05, 4.69) is 116 Å². The van der Waals surface area contributed by atoms with Gasteiger partial charge in [0.25, 0.3) is 0 Å². The topological polar surface area (TPSA) is 43.9 Å². The summed E-state index contributed by atoms with van der Waals surface area (Å²) in [7, 11) is -1.34.